The number of hydrogen-bond acceptors (Lipinski definition) is 6. The topological polar surface area (TPSA) is 94.0 Å². The van der Waals surface area contributed by atoms with E-state index in [4.69, 9.17) is 10.7 Å². The molecular formula is C21H20N4O2S2. The molecule has 6 nitrogen and oxygen atoms in total. The molecule has 0 aliphatic heterocycles. The summed E-state index contributed by atoms with van der Waals surface area (Å²) < 4.78 is 2.08. The highest BCUT2D eigenvalue weighted by molar-refractivity contribution is 7.14. The molecule has 8 heteroatoms. The van der Waals surface area contributed by atoms with E-state index in [0.717, 1.165) is 44.8 Å². The van der Waals surface area contributed by atoms with E-state index in [1.807, 2.05) is 42.8 Å². The number of thiazole rings is 2. The van der Waals surface area contributed by atoms with Gasteiger partial charge in [-0.05, 0) is 44.0 Å². The number of aryl methyl sites for hydroxylation is 2. The lowest BCUT2D eigenvalue weighted by atomic mass is 10.1. The maximum absolute atomic E-state index is 11.9. The van der Waals surface area contributed by atoms with Crippen LogP contribution < -0.4 is 5.73 Å². The van der Waals surface area contributed by atoms with Gasteiger partial charge in [0.05, 0.1) is 22.0 Å². The number of phenols is 1. The number of nitrogens with zero attached hydrogens (tertiary/aromatic N) is 3. The fourth-order valence-corrected chi connectivity index (χ4v) is 4.71. The zero-order valence-corrected chi connectivity index (χ0v) is 17.7. The molecule has 0 unspecified atom stereocenters. The zero-order valence-electron chi connectivity index (χ0n) is 16.0. The summed E-state index contributed by atoms with van der Waals surface area (Å²) in [5.41, 5.74) is 10.6. The minimum absolute atomic E-state index is 0.245. The quantitative estimate of drug-likeness (QED) is 0.480. The number of rotatable bonds is 6. The average molecular weight is 425 g/mol. The van der Waals surface area contributed by atoms with E-state index < -0.39 is 5.91 Å². The Morgan fingerprint density at radius 1 is 1.10 bits per heavy atom. The van der Waals surface area contributed by atoms with Gasteiger partial charge < -0.3 is 15.4 Å². The molecular weight excluding hydrogens is 404 g/mol. The third-order valence-corrected chi connectivity index (χ3v) is 6.44. The molecule has 0 atom stereocenters. The van der Waals surface area contributed by atoms with E-state index >= 15 is 0 Å². The van der Waals surface area contributed by atoms with Crippen LogP contribution in [0.15, 0.2) is 41.1 Å². The fourth-order valence-electron chi connectivity index (χ4n) is 3.27. The molecule has 0 bridgehead atoms. The van der Waals surface area contributed by atoms with Gasteiger partial charge in [-0.1, -0.05) is 12.1 Å². The van der Waals surface area contributed by atoms with Crippen LogP contribution in [-0.2, 0) is 13.0 Å². The van der Waals surface area contributed by atoms with Crippen LogP contribution in [0.4, 0.5) is 0 Å². The largest absolute Gasteiger partial charge is 0.508 e. The van der Waals surface area contributed by atoms with E-state index in [-0.39, 0.29) is 5.75 Å². The Balaban J connectivity index is 1.69. The van der Waals surface area contributed by atoms with Crippen molar-refractivity contribution in [3.63, 3.8) is 0 Å². The molecule has 0 aliphatic carbocycles. The van der Waals surface area contributed by atoms with E-state index in [9.17, 15) is 9.90 Å². The molecule has 4 rings (SSSR count). The number of aromatic hydroxyl groups is 1. The number of carbonyl (C=O) groups excluding carboxylic acids is 1. The van der Waals surface area contributed by atoms with Crippen LogP contribution in [0.1, 0.15) is 26.6 Å². The number of aromatic nitrogens is 3. The van der Waals surface area contributed by atoms with Crippen molar-refractivity contribution < 1.29 is 9.90 Å². The fraction of sp³-hybridized carbons (Fsp3) is 0.190. The SMILES string of the molecule is Cc1nc(-c2nc(-c3cc(C(N)=O)c(C)n3CCc3ccc(O)cc3)cs2)cs1. The molecule has 1 aromatic carbocycles. The molecule has 3 N–H and O–H groups in total. The van der Waals surface area contributed by atoms with Crippen molar-refractivity contribution in [2.24, 2.45) is 5.73 Å². The molecule has 0 fully saturated rings. The number of nitrogens with two attached hydrogens (primary N) is 1. The highest BCUT2D eigenvalue weighted by Gasteiger charge is 2.19. The van der Waals surface area contributed by atoms with Crippen molar-refractivity contribution in [2.45, 2.75) is 26.8 Å². The van der Waals surface area contributed by atoms with Gasteiger partial charge in [-0.25, -0.2) is 9.97 Å². The normalized spacial score (nSPS) is 11.1. The number of phenolic OH excluding ortho intramolecular Hbond substituents is 1. The Morgan fingerprint density at radius 3 is 2.48 bits per heavy atom. The first-order valence-electron chi connectivity index (χ1n) is 9.08. The number of benzene rings is 1. The Morgan fingerprint density at radius 2 is 1.83 bits per heavy atom. The van der Waals surface area contributed by atoms with Crippen LogP contribution in [-0.4, -0.2) is 25.5 Å². The molecule has 0 aliphatic rings. The Hall–Kier alpha value is -2.97. The van der Waals surface area contributed by atoms with Crippen LogP contribution in [0.2, 0.25) is 0 Å². The van der Waals surface area contributed by atoms with Gasteiger partial charge in [-0.15, -0.1) is 22.7 Å². The van der Waals surface area contributed by atoms with Crippen LogP contribution in [0, 0.1) is 13.8 Å². The average Bonchev–Trinajstić information content (AvgIpc) is 3.40. The summed E-state index contributed by atoms with van der Waals surface area (Å²) in [6.45, 7) is 4.54. The van der Waals surface area contributed by atoms with E-state index in [2.05, 4.69) is 9.55 Å². The molecule has 4 aromatic rings. The van der Waals surface area contributed by atoms with Crippen LogP contribution in [0.3, 0.4) is 0 Å². The summed E-state index contributed by atoms with van der Waals surface area (Å²) in [4.78, 5) is 21.2. The first-order valence-corrected chi connectivity index (χ1v) is 10.8. The maximum atomic E-state index is 11.9. The van der Waals surface area contributed by atoms with Crippen LogP contribution in [0.25, 0.3) is 22.1 Å². The van der Waals surface area contributed by atoms with Crippen molar-refractivity contribution in [1.82, 2.24) is 14.5 Å². The second kappa shape index (κ2) is 7.81. The Kier molecular flexibility index (Phi) is 5.21. The van der Waals surface area contributed by atoms with Crippen LogP contribution in [0.5, 0.6) is 5.75 Å². The minimum Gasteiger partial charge on any atom is -0.508 e. The summed E-state index contributed by atoms with van der Waals surface area (Å²) >= 11 is 3.13. The number of amides is 1. The summed E-state index contributed by atoms with van der Waals surface area (Å²) in [7, 11) is 0. The van der Waals surface area contributed by atoms with E-state index in [1.54, 1.807) is 23.5 Å². The van der Waals surface area contributed by atoms with Crippen molar-refractivity contribution >= 4 is 28.6 Å². The number of carbonyl (C=O) groups is 1. The Bertz CT molecular complexity index is 1170. The van der Waals surface area contributed by atoms with Gasteiger partial charge in [0.1, 0.15) is 16.5 Å². The maximum Gasteiger partial charge on any atom is 0.250 e. The van der Waals surface area contributed by atoms with Crippen LogP contribution >= 0.6 is 22.7 Å². The summed E-state index contributed by atoms with van der Waals surface area (Å²) in [6, 6.07) is 8.97. The lowest BCUT2D eigenvalue weighted by Gasteiger charge is -2.11. The lowest BCUT2D eigenvalue weighted by Crippen LogP contribution is -2.13. The molecule has 0 saturated heterocycles. The molecule has 29 heavy (non-hydrogen) atoms. The highest BCUT2D eigenvalue weighted by Crippen LogP contribution is 2.32. The summed E-state index contributed by atoms with van der Waals surface area (Å²) in [5, 5.41) is 15.3. The third kappa shape index (κ3) is 3.94. The van der Waals surface area contributed by atoms with Gasteiger partial charge in [0, 0.05) is 23.0 Å². The van der Waals surface area contributed by atoms with Gasteiger partial charge in [-0.2, -0.15) is 0 Å². The predicted molar refractivity (Wildman–Crippen MR) is 116 cm³/mol. The van der Waals surface area contributed by atoms with Gasteiger partial charge in [0.25, 0.3) is 5.91 Å². The van der Waals surface area contributed by atoms with Gasteiger partial charge in [0.2, 0.25) is 0 Å². The Labute approximate surface area is 176 Å². The lowest BCUT2D eigenvalue weighted by molar-refractivity contribution is 0.0999. The highest BCUT2D eigenvalue weighted by atomic mass is 32.1. The first kappa shape index (κ1) is 19.4. The van der Waals surface area contributed by atoms with Crippen molar-refractivity contribution in [3.8, 4) is 27.8 Å². The minimum atomic E-state index is -0.447. The zero-order chi connectivity index (χ0) is 20.5. The molecule has 3 aromatic heterocycles. The van der Waals surface area contributed by atoms with Crippen molar-refractivity contribution in [2.75, 3.05) is 0 Å². The monoisotopic (exact) mass is 424 g/mol. The van der Waals surface area contributed by atoms with Crippen molar-refractivity contribution in [1.29, 1.82) is 0 Å². The molecule has 0 radical (unpaired) electrons. The first-order chi connectivity index (χ1) is 13.9. The molecule has 0 spiro atoms. The van der Waals surface area contributed by atoms with E-state index in [1.165, 1.54) is 11.3 Å². The number of primary amides is 1. The van der Waals surface area contributed by atoms with Gasteiger partial charge >= 0.3 is 0 Å². The van der Waals surface area contributed by atoms with Gasteiger partial charge in [-0.3, -0.25) is 4.79 Å². The second-order valence-corrected chi connectivity index (χ2v) is 8.67. The van der Waals surface area contributed by atoms with E-state index in [0.29, 0.717) is 12.1 Å². The summed E-state index contributed by atoms with van der Waals surface area (Å²) in [5.74, 6) is -0.201. The molecule has 148 valence electrons. The molecule has 0 saturated carbocycles. The molecule has 3 heterocycles. The van der Waals surface area contributed by atoms with Crippen molar-refractivity contribution in [3.05, 3.63) is 62.9 Å². The smallest absolute Gasteiger partial charge is 0.250 e. The summed E-state index contributed by atoms with van der Waals surface area (Å²) in [6.07, 6.45) is 0.753. The van der Waals surface area contributed by atoms with Gasteiger partial charge in [0.15, 0.2) is 0 Å². The molecule has 1 amide bonds. The second-order valence-electron chi connectivity index (χ2n) is 6.75. The third-order valence-electron chi connectivity index (χ3n) is 4.80. The predicted octanol–water partition coefficient (Wildman–Crippen LogP) is 4.40. The standard InChI is InChI=1S/C21H20N4O2S2/c1-12-16(20(22)27)9-19(25(12)8-7-14-3-5-15(26)6-4-14)17-10-29-21(24-17)18-11-28-13(2)23-18/h3-6,9-11,26H,7-8H2,1-2H3,(H2,22,27). The number of hydrogen-bond donors (Lipinski definition) is 2.